The van der Waals surface area contributed by atoms with Crippen LogP contribution in [0.3, 0.4) is 0 Å². The molecule has 0 aromatic rings. The van der Waals surface area contributed by atoms with Gasteiger partial charge in [0.05, 0.1) is 5.41 Å². The third-order valence-electron chi connectivity index (χ3n) is 2.20. The van der Waals surface area contributed by atoms with Crippen LogP contribution in [0.25, 0.3) is 0 Å². The van der Waals surface area contributed by atoms with Gasteiger partial charge in [0.15, 0.2) is 6.29 Å². The number of nitrogens with one attached hydrogen (secondary N) is 1. The van der Waals surface area contributed by atoms with Gasteiger partial charge in [-0.2, -0.15) is 5.48 Å². The Bertz CT molecular complexity index is 220. The quantitative estimate of drug-likeness (QED) is 0.392. The van der Waals surface area contributed by atoms with Gasteiger partial charge in [-0.25, -0.2) is 4.79 Å². The monoisotopic (exact) mass is 261 g/mol. The SMILES string of the molecule is CCOC(CCCNOC(=O)C(C)(C)C)OCC. The van der Waals surface area contributed by atoms with Crippen molar-refractivity contribution in [2.24, 2.45) is 5.41 Å². The topological polar surface area (TPSA) is 56.8 Å². The van der Waals surface area contributed by atoms with Crippen LogP contribution < -0.4 is 5.48 Å². The second kappa shape index (κ2) is 9.30. The maximum Gasteiger partial charge on any atom is 0.329 e. The number of hydroxylamine groups is 1. The van der Waals surface area contributed by atoms with E-state index in [1.807, 2.05) is 34.6 Å². The van der Waals surface area contributed by atoms with Crippen LogP contribution in [-0.2, 0) is 19.1 Å². The van der Waals surface area contributed by atoms with E-state index in [4.69, 9.17) is 14.3 Å². The van der Waals surface area contributed by atoms with Crippen molar-refractivity contribution < 1.29 is 19.1 Å². The summed E-state index contributed by atoms with van der Waals surface area (Å²) in [5, 5.41) is 0. The van der Waals surface area contributed by atoms with Crippen molar-refractivity contribution in [3.05, 3.63) is 0 Å². The molecule has 0 aliphatic rings. The highest BCUT2D eigenvalue weighted by molar-refractivity contribution is 5.75. The van der Waals surface area contributed by atoms with Crippen LogP contribution in [0.5, 0.6) is 0 Å². The Morgan fingerprint density at radius 1 is 1.17 bits per heavy atom. The fraction of sp³-hybridized carbons (Fsp3) is 0.923. The molecule has 0 heterocycles. The fourth-order valence-corrected chi connectivity index (χ4v) is 1.20. The molecule has 1 N–H and O–H groups in total. The molecule has 0 fully saturated rings. The first-order valence-corrected chi connectivity index (χ1v) is 6.59. The van der Waals surface area contributed by atoms with E-state index in [1.165, 1.54) is 0 Å². The molecule has 0 aliphatic heterocycles. The summed E-state index contributed by atoms with van der Waals surface area (Å²) in [6.07, 6.45) is 1.43. The lowest BCUT2D eigenvalue weighted by Crippen LogP contribution is -2.30. The van der Waals surface area contributed by atoms with E-state index in [0.29, 0.717) is 19.8 Å². The summed E-state index contributed by atoms with van der Waals surface area (Å²) in [7, 11) is 0. The molecule has 0 atom stereocenters. The van der Waals surface area contributed by atoms with Crippen LogP contribution in [-0.4, -0.2) is 32.0 Å². The predicted molar refractivity (Wildman–Crippen MR) is 69.8 cm³/mol. The Labute approximate surface area is 110 Å². The van der Waals surface area contributed by atoms with Gasteiger partial charge in [-0.1, -0.05) is 0 Å². The number of carbonyl (C=O) groups excluding carboxylic acids is 1. The van der Waals surface area contributed by atoms with E-state index in [9.17, 15) is 4.79 Å². The molecule has 0 saturated carbocycles. The first-order chi connectivity index (χ1) is 8.41. The summed E-state index contributed by atoms with van der Waals surface area (Å²) in [4.78, 5) is 16.4. The fourth-order valence-electron chi connectivity index (χ4n) is 1.20. The minimum Gasteiger partial charge on any atom is -0.370 e. The lowest BCUT2D eigenvalue weighted by Gasteiger charge is -2.18. The Balaban J connectivity index is 3.63. The van der Waals surface area contributed by atoms with Crippen LogP contribution in [0.2, 0.25) is 0 Å². The number of ether oxygens (including phenoxy) is 2. The van der Waals surface area contributed by atoms with Crippen LogP contribution in [0.15, 0.2) is 0 Å². The zero-order valence-electron chi connectivity index (χ0n) is 12.2. The zero-order chi connectivity index (χ0) is 14.0. The smallest absolute Gasteiger partial charge is 0.329 e. The molecule has 0 bridgehead atoms. The van der Waals surface area contributed by atoms with Crippen molar-refractivity contribution in [1.82, 2.24) is 5.48 Å². The Morgan fingerprint density at radius 3 is 2.17 bits per heavy atom. The highest BCUT2D eigenvalue weighted by Gasteiger charge is 2.23. The van der Waals surface area contributed by atoms with Crippen molar-refractivity contribution in [3.8, 4) is 0 Å². The Hall–Kier alpha value is -0.650. The van der Waals surface area contributed by atoms with Gasteiger partial charge in [0, 0.05) is 19.8 Å². The summed E-state index contributed by atoms with van der Waals surface area (Å²) in [6.45, 7) is 11.2. The lowest BCUT2D eigenvalue weighted by molar-refractivity contribution is -0.161. The van der Waals surface area contributed by atoms with Crippen LogP contribution in [0, 0.1) is 5.41 Å². The third-order valence-corrected chi connectivity index (χ3v) is 2.20. The standard InChI is InChI=1S/C13H27NO4/c1-6-16-11(17-7-2)9-8-10-14-18-12(15)13(3,4)5/h11,14H,6-10H2,1-5H3. The van der Waals surface area contributed by atoms with E-state index in [2.05, 4.69) is 5.48 Å². The number of carbonyl (C=O) groups is 1. The van der Waals surface area contributed by atoms with Crippen molar-refractivity contribution >= 4 is 5.97 Å². The van der Waals surface area contributed by atoms with E-state index in [1.54, 1.807) is 0 Å². The average Bonchev–Trinajstić information content (AvgIpc) is 2.27. The van der Waals surface area contributed by atoms with Crippen molar-refractivity contribution in [3.63, 3.8) is 0 Å². The van der Waals surface area contributed by atoms with Gasteiger partial charge in [0.25, 0.3) is 0 Å². The van der Waals surface area contributed by atoms with Crippen LogP contribution in [0.1, 0.15) is 47.5 Å². The van der Waals surface area contributed by atoms with Crippen molar-refractivity contribution in [1.29, 1.82) is 0 Å². The Morgan fingerprint density at radius 2 is 1.72 bits per heavy atom. The maximum absolute atomic E-state index is 11.4. The molecule has 0 aliphatic carbocycles. The normalized spacial score (nSPS) is 11.9. The van der Waals surface area contributed by atoms with E-state index in [-0.39, 0.29) is 12.3 Å². The van der Waals surface area contributed by atoms with E-state index < -0.39 is 5.41 Å². The summed E-state index contributed by atoms with van der Waals surface area (Å²) < 4.78 is 10.8. The molecule has 0 spiro atoms. The number of rotatable bonds is 9. The Kier molecular flexibility index (Phi) is 8.97. The van der Waals surface area contributed by atoms with Gasteiger partial charge < -0.3 is 14.3 Å². The molecule has 5 heteroatoms. The molecule has 0 unspecified atom stereocenters. The summed E-state index contributed by atoms with van der Waals surface area (Å²) >= 11 is 0. The van der Waals surface area contributed by atoms with Gasteiger partial charge in [0.1, 0.15) is 0 Å². The lowest BCUT2D eigenvalue weighted by atomic mass is 9.98. The highest BCUT2D eigenvalue weighted by atomic mass is 16.7. The van der Waals surface area contributed by atoms with E-state index in [0.717, 1.165) is 12.8 Å². The van der Waals surface area contributed by atoms with Crippen molar-refractivity contribution in [2.45, 2.75) is 53.8 Å². The predicted octanol–water partition coefficient (Wildman–Crippen LogP) is 2.26. The average molecular weight is 261 g/mol. The minimum absolute atomic E-state index is 0.167. The molecular formula is C13H27NO4. The molecule has 0 aromatic carbocycles. The third kappa shape index (κ3) is 8.44. The number of hydrogen-bond acceptors (Lipinski definition) is 5. The molecule has 5 nitrogen and oxygen atoms in total. The first-order valence-electron chi connectivity index (χ1n) is 6.59. The summed E-state index contributed by atoms with van der Waals surface area (Å²) in [5.74, 6) is -0.256. The second-order valence-electron chi connectivity index (χ2n) is 5.02. The first kappa shape index (κ1) is 17.4. The van der Waals surface area contributed by atoms with Gasteiger partial charge >= 0.3 is 5.97 Å². The highest BCUT2D eigenvalue weighted by Crippen LogP contribution is 2.14. The largest absolute Gasteiger partial charge is 0.370 e. The van der Waals surface area contributed by atoms with Gasteiger partial charge in [-0.05, 0) is 47.5 Å². The molecule has 0 amide bonds. The number of hydrogen-bond donors (Lipinski definition) is 1. The van der Waals surface area contributed by atoms with Crippen LogP contribution >= 0.6 is 0 Å². The molecule has 0 radical (unpaired) electrons. The molecule has 0 aromatic heterocycles. The van der Waals surface area contributed by atoms with E-state index >= 15 is 0 Å². The van der Waals surface area contributed by atoms with Gasteiger partial charge in [-0.3, -0.25) is 0 Å². The summed E-state index contributed by atoms with van der Waals surface area (Å²) in [6, 6.07) is 0. The van der Waals surface area contributed by atoms with Crippen LogP contribution in [0.4, 0.5) is 0 Å². The maximum atomic E-state index is 11.4. The van der Waals surface area contributed by atoms with Gasteiger partial charge in [-0.15, -0.1) is 0 Å². The summed E-state index contributed by atoms with van der Waals surface area (Å²) in [5.41, 5.74) is 2.19. The molecular weight excluding hydrogens is 234 g/mol. The molecule has 0 saturated heterocycles. The molecule has 18 heavy (non-hydrogen) atoms. The minimum atomic E-state index is -0.480. The van der Waals surface area contributed by atoms with Crippen molar-refractivity contribution in [2.75, 3.05) is 19.8 Å². The zero-order valence-corrected chi connectivity index (χ0v) is 12.2. The molecule has 0 rings (SSSR count). The molecule has 108 valence electrons. The van der Waals surface area contributed by atoms with Gasteiger partial charge in [0.2, 0.25) is 0 Å². The second-order valence-corrected chi connectivity index (χ2v) is 5.02.